The standard InChI is InChI=1S/C32H34N6O4/c1-19(39)34-21-7-9-27-23(15-21)25(17-33-27)29-30(32(42)36-31(29)41)26-18-38(14-6-13-37-11-4-3-5-12-37)28-10-8-22(16-24(26)28)35-20(2)40/h7-10,15-18,33H,3-6,11-14H2,1-2H3,(H,34,39)(H,35,40)(H,36,41,42). The molecule has 0 radical (unpaired) electrons. The average molecular weight is 567 g/mol. The van der Waals surface area contributed by atoms with Gasteiger partial charge in [-0.2, -0.15) is 0 Å². The van der Waals surface area contributed by atoms with Gasteiger partial charge in [-0.15, -0.1) is 0 Å². The lowest BCUT2D eigenvalue weighted by molar-refractivity contribution is -0.123. The molecule has 0 saturated carbocycles. The van der Waals surface area contributed by atoms with Gasteiger partial charge in [-0.25, -0.2) is 0 Å². The highest BCUT2D eigenvalue weighted by Crippen LogP contribution is 2.39. The second-order valence-electron chi connectivity index (χ2n) is 11.1. The van der Waals surface area contributed by atoms with E-state index < -0.39 is 11.8 Å². The zero-order valence-corrected chi connectivity index (χ0v) is 23.8. The van der Waals surface area contributed by atoms with Gasteiger partial charge >= 0.3 is 0 Å². The quantitative estimate of drug-likeness (QED) is 0.234. The number of benzene rings is 2. The Kier molecular flexibility index (Phi) is 7.38. The van der Waals surface area contributed by atoms with Crippen molar-refractivity contribution in [2.45, 2.75) is 46.1 Å². The fourth-order valence-corrected chi connectivity index (χ4v) is 6.19. The number of anilines is 2. The van der Waals surface area contributed by atoms with Crippen LogP contribution in [0.4, 0.5) is 11.4 Å². The summed E-state index contributed by atoms with van der Waals surface area (Å²) in [4.78, 5) is 56.0. The Morgan fingerprint density at radius 1 is 0.810 bits per heavy atom. The Morgan fingerprint density at radius 2 is 1.45 bits per heavy atom. The third-order valence-electron chi connectivity index (χ3n) is 8.00. The molecule has 2 aromatic carbocycles. The van der Waals surface area contributed by atoms with Gasteiger partial charge in [0.05, 0.1) is 11.1 Å². The molecule has 4 N–H and O–H groups in total. The normalized spacial score (nSPS) is 16.0. The minimum atomic E-state index is -0.482. The van der Waals surface area contributed by atoms with Gasteiger partial charge in [0, 0.05) is 77.1 Å². The smallest absolute Gasteiger partial charge is 0.259 e. The topological polar surface area (TPSA) is 128 Å². The molecule has 1 saturated heterocycles. The van der Waals surface area contributed by atoms with Crippen LogP contribution in [0.5, 0.6) is 0 Å². The van der Waals surface area contributed by atoms with E-state index in [0.717, 1.165) is 49.0 Å². The van der Waals surface area contributed by atoms with Crippen LogP contribution in [0.3, 0.4) is 0 Å². The molecular formula is C32H34N6O4. The number of H-pyrrole nitrogens is 1. The Bertz CT molecular complexity index is 1770. The monoisotopic (exact) mass is 566 g/mol. The number of hydrogen-bond donors (Lipinski definition) is 4. The zero-order valence-electron chi connectivity index (χ0n) is 23.8. The Hall–Kier alpha value is -4.70. The van der Waals surface area contributed by atoms with E-state index in [0.29, 0.717) is 27.9 Å². The van der Waals surface area contributed by atoms with E-state index in [1.165, 1.54) is 33.1 Å². The molecule has 4 aromatic rings. The molecule has 0 atom stereocenters. The number of imide groups is 1. The largest absolute Gasteiger partial charge is 0.361 e. The minimum absolute atomic E-state index is 0.195. The van der Waals surface area contributed by atoms with E-state index in [1.807, 2.05) is 30.5 Å². The van der Waals surface area contributed by atoms with Crippen molar-refractivity contribution >= 4 is 68.0 Å². The predicted octanol–water partition coefficient (Wildman–Crippen LogP) is 4.48. The predicted molar refractivity (Wildman–Crippen MR) is 164 cm³/mol. The lowest BCUT2D eigenvalue weighted by Crippen LogP contribution is -2.31. The first kappa shape index (κ1) is 27.5. The van der Waals surface area contributed by atoms with Crippen LogP contribution < -0.4 is 16.0 Å². The number of hydrogen-bond acceptors (Lipinski definition) is 5. The maximum Gasteiger partial charge on any atom is 0.259 e. The molecule has 0 spiro atoms. The van der Waals surface area contributed by atoms with E-state index in [2.05, 4.69) is 30.4 Å². The van der Waals surface area contributed by atoms with E-state index in [4.69, 9.17) is 0 Å². The molecule has 10 heteroatoms. The number of carbonyl (C=O) groups is 4. The summed E-state index contributed by atoms with van der Waals surface area (Å²) in [5, 5.41) is 9.60. The van der Waals surface area contributed by atoms with Crippen molar-refractivity contribution < 1.29 is 19.2 Å². The number of rotatable bonds is 8. The summed E-state index contributed by atoms with van der Waals surface area (Å²) in [6.45, 7) is 6.89. The third kappa shape index (κ3) is 5.33. The van der Waals surface area contributed by atoms with Crippen LogP contribution in [0.15, 0.2) is 48.8 Å². The fraction of sp³-hybridized carbons (Fsp3) is 0.312. The van der Waals surface area contributed by atoms with Crippen LogP contribution in [-0.4, -0.2) is 57.7 Å². The van der Waals surface area contributed by atoms with Crippen molar-refractivity contribution in [2.24, 2.45) is 0 Å². The van der Waals surface area contributed by atoms with Crippen LogP contribution in [-0.2, 0) is 25.7 Å². The highest BCUT2D eigenvalue weighted by Gasteiger charge is 2.35. The van der Waals surface area contributed by atoms with Gasteiger partial charge in [-0.1, -0.05) is 6.42 Å². The van der Waals surface area contributed by atoms with E-state index in [9.17, 15) is 19.2 Å². The van der Waals surface area contributed by atoms with E-state index in [1.54, 1.807) is 18.3 Å². The number of aromatic nitrogens is 2. The molecular weight excluding hydrogens is 532 g/mol. The third-order valence-corrected chi connectivity index (χ3v) is 8.00. The van der Waals surface area contributed by atoms with Gasteiger partial charge in [-0.05, 0) is 75.3 Å². The lowest BCUT2D eigenvalue weighted by Gasteiger charge is -2.26. The Balaban J connectivity index is 1.47. The molecule has 2 aromatic heterocycles. The van der Waals surface area contributed by atoms with Crippen molar-refractivity contribution in [3.63, 3.8) is 0 Å². The molecule has 4 heterocycles. The maximum atomic E-state index is 13.4. The summed E-state index contributed by atoms with van der Waals surface area (Å²) in [5.41, 5.74) is 4.64. The molecule has 4 amide bonds. The van der Waals surface area contributed by atoms with E-state index in [-0.39, 0.29) is 23.0 Å². The molecule has 10 nitrogen and oxygen atoms in total. The van der Waals surface area contributed by atoms with Gasteiger partial charge in [0.2, 0.25) is 11.8 Å². The number of nitrogens with zero attached hydrogens (tertiary/aromatic N) is 2. The van der Waals surface area contributed by atoms with Crippen molar-refractivity contribution in [1.82, 2.24) is 19.8 Å². The fourth-order valence-electron chi connectivity index (χ4n) is 6.19. The van der Waals surface area contributed by atoms with Gasteiger partial charge in [-0.3, -0.25) is 24.5 Å². The second kappa shape index (κ2) is 11.3. The van der Waals surface area contributed by atoms with Gasteiger partial charge in [0.1, 0.15) is 0 Å². The number of likely N-dealkylation sites (tertiary alicyclic amines) is 1. The van der Waals surface area contributed by atoms with Crippen LogP contribution >= 0.6 is 0 Å². The summed E-state index contributed by atoms with van der Waals surface area (Å²) in [5.74, 6) is -1.35. The number of aromatic amines is 1. The summed E-state index contributed by atoms with van der Waals surface area (Å²) in [6, 6.07) is 11.1. The molecule has 2 aliphatic rings. The minimum Gasteiger partial charge on any atom is -0.361 e. The summed E-state index contributed by atoms with van der Waals surface area (Å²) in [6.07, 6.45) is 8.38. The van der Waals surface area contributed by atoms with Crippen LogP contribution in [0.25, 0.3) is 33.0 Å². The first-order valence-corrected chi connectivity index (χ1v) is 14.4. The highest BCUT2D eigenvalue weighted by atomic mass is 16.2. The lowest BCUT2D eigenvalue weighted by atomic mass is 9.95. The summed E-state index contributed by atoms with van der Waals surface area (Å²) >= 11 is 0. The highest BCUT2D eigenvalue weighted by molar-refractivity contribution is 6.50. The van der Waals surface area contributed by atoms with Crippen LogP contribution in [0, 0.1) is 0 Å². The van der Waals surface area contributed by atoms with Crippen molar-refractivity contribution in [3.8, 4) is 0 Å². The second-order valence-corrected chi connectivity index (χ2v) is 11.1. The molecule has 0 aliphatic carbocycles. The average Bonchev–Trinajstić information content (AvgIpc) is 3.60. The van der Waals surface area contributed by atoms with Crippen LogP contribution in [0.2, 0.25) is 0 Å². The van der Waals surface area contributed by atoms with Gasteiger partial charge in [0.15, 0.2) is 0 Å². The number of carbonyl (C=O) groups excluding carboxylic acids is 4. The Labute approximate surface area is 243 Å². The van der Waals surface area contributed by atoms with Crippen LogP contribution in [0.1, 0.15) is 50.7 Å². The van der Waals surface area contributed by atoms with Gasteiger partial charge in [0.25, 0.3) is 11.8 Å². The molecule has 216 valence electrons. The molecule has 0 unspecified atom stereocenters. The molecule has 0 bridgehead atoms. The van der Waals surface area contributed by atoms with E-state index >= 15 is 0 Å². The Morgan fingerprint density at radius 3 is 2.14 bits per heavy atom. The molecule has 2 aliphatic heterocycles. The van der Waals surface area contributed by atoms with Gasteiger partial charge < -0.3 is 25.1 Å². The van der Waals surface area contributed by atoms with Crippen molar-refractivity contribution in [3.05, 3.63) is 59.9 Å². The number of fused-ring (bicyclic) bond motifs is 2. The van der Waals surface area contributed by atoms with Crippen molar-refractivity contribution in [2.75, 3.05) is 30.3 Å². The summed E-state index contributed by atoms with van der Waals surface area (Å²) in [7, 11) is 0. The number of aryl methyl sites for hydroxylation is 1. The first-order valence-electron chi connectivity index (χ1n) is 14.4. The zero-order chi connectivity index (χ0) is 29.4. The SMILES string of the molecule is CC(=O)Nc1ccc2[nH]cc(C3=C(c4cn(CCCN5CCCCC5)c5ccc(NC(C)=O)cc45)C(=O)NC3=O)c2c1. The number of nitrogens with one attached hydrogen (secondary N) is 4. The molecule has 6 rings (SSSR count). The first-order chi connectivity index (χ1) is 20.3. The maximum absolute atomic E-state index is 13.4. The number of piperidine rings is 1. The number of amides is 4. The molecule has 42 heavy (non-hydrogen) atoms. The summed E-state index contributed by atoms with van der Waals surface area (Å²) < 4.78 is 2.14. The van der Waals surface area contributed by atoms with Crippen molar-refractivity contribution in [1.29, 1.82) is 0 Å². The molecule has 1 fully saturated rings.